The van der Waals surface area contributed by atoms with Gasteiger partial charge in [0.1, 0.15) is 6.20 Å². The molecule has 6 nitrogen and oxygen atoms in total. The number of halogens is 3. The first-order valence-electron chi connectivity index (χ1n) is 6.94. The van der Waals surface area contributed by atoms with Gasteiger partial charge in [-0.05, 0) is 40.6 Å². The summed E-state index contributed by atoms with van der Waals surface area (Å²) in [6, 6.07) is 11.3. The summed E-state index contributed by atoms with van der Waals surface area (Å²) in [5.41, 5.74) is 0.345. The lowest BCUT2D eigenvalue weighted by molar-refractivity contribution is -0.137. The van der Waals surface area contributed by atoms with E-state index in [-0.39, 0.29) is 5.69 Å². The second-order valence-corrected chi connectivity index (χ2v) is 5.00. The van der Waals surface area contributed by atoms with E-state index in [0.29, 0.717) is 16.9 Å². The third-order valence-electron chi connectivity index (χ3n) is 3.29. The minimum absolute atomic E-state index is 0.263. The Labute approximate surface area is 139 Å². The van der Waals surface area contributed by atoms with Crippen LogP contribution in [0.1, 0.15) is 16.1 Å². The van der Waals surface area contributed by atoms with Crippen LogP contribution in [0.3, 0.4) is 0 Å². The van der Waals surface area contributed by atoms with Gasteiger partial charge in [-0.2, -0.15) is 13.2 Å². The molecule has 25 heavy (non-hydrogen) atoms. The zero-order chi connectivity index (χ0) is 18.0. The van der Waals surface area contributed by atoms with Gasteiger partial charge in [-0.25, -0.2) is 4.79 Å². The molecule has 0 saturated carbocycles. The van der Waals surface area contributed by atoms with E-state index in [1.807, 2.05) is 0 Å². The van der Waals surface area contributed by atoms with Crippen LogP contribution >= 0.6 is 0 Å². The average molecular weight is 349 g/mol. The van der Waals surface area contributed by atoms with Crippen molar-refractivity contribution in [3.8, 4) is 16.9 Å². The first kappa shape index (κ1) is 16.5. The summed E-state index contributed by atoms with van der Waals surface area (Å²) >= 11 is 0. The van der Waals surface area contributed by atoms with E-state index in [2.05, 4.69) is 10.3 Å². The van der Waals surface area contributed by atoms with Crippen LogP contribution in [-0.2, 0) is 6.18 Å². The number of rotatable bonds is 4. The van der Waals surface area contributed by atoms with Gasteiger partial charge in [0.05, 0.1) is 5.56 Å². The molecule has 0 saturated heterocycles. The van der Waals surface area contributed by atoms with E-state index in [4.69, 9.17) is 9.94 Å². The summed E-state index contributed by atoms with van der Waals surface area (Å²) in [7, 11) is 0. The molecule has 9 heteroatoms. The highest BCUT2D eigenvalue weighted by atomic mass is 19.4. The van der Waals surface area contributed by atoms with Gasteiger partial charge >= 0.3 is 12.1 Å². The molecule has 0 aliphatic rings. The minimum Gasteiger partial charge on any atom is -0.476 e. The van der Waals surface area contributed by atoms with Gasteiger partial charge in [-0.3, -0.25) is 0 Å². The number of hydrogen-bond donors (Lipinski definition) is 1. The van der Waals surface area contributed by atoms with Gasteiger partial charge in [-0.1, -0.05) is 29.1 Å². The largest absolute Gasteiger partial charge is 0.476 e. The van der Waals surface area contributed by atoms with E-state index in [1.54, 1.807) is 24.3 Å². The molecule has 0 atom stereocenters. The first-order chi connectivity index (χ1) is 11.8. The molecule has 1 N–H and O–H groups in total. The van der Waals surface area contributed by atoms with Gasteiger partial charge in [0.25, 0.3) is 0 Å². The SMILES string of the molecule is O=C(O)c1cn(Oc2ccc(-c3ccc(C(F)(F)F)cc3)cc2)nn1. The van der Waals surface area contributed by atoms with Gasteiger partial charge in [0.2, 0.25) is 0 Å². The maximum absolute atomic E-state index is 12.6. The summed E-state index contributed by atoms with van der Waals surface area (Å²) in [6.45, 7) is 0. The topological polar surface area (TPSA) is 77.2 Å². The van der Waals surface area contributed by atoms with Crippen molar-refractivity contribution in [3.05, 3.63) is 66.0 Å². The molecule has 1 aromatic heterocycles. The van der Waals surface area contributed by atoms with Crippen LogP contribution in [0.15, 0.2) is 54.7 Å². The summed E-state index contributed by atoms with van der Waals surface area (Å²) in [5, 5.41) is 15.7. The minimum atomic E-state index is -4.37. The van der Waals surface area contributed by atoms with Gasteiger partial charge in [0.15, 0.2) is 11.4 Å². The second kappa shape index (κ2) is 6.27. The fraction of sp³-hybridized carbons (Fsp3) is 0.0625. The number of benzene rings is 2. The Morgan fingerprint density at radius 3 is 2.04 bits per heavy atom. The Morgan fingerprint density at radius 1 is 1.00 bits per heavy atom. The predicted octanol–water partition coefficient (Wildman–Crippen LogP) is 3.50. The summed E-state index contributed by atoms with van der Waals surface area (Å²) < 4.78 is 37.7. The van der Waals surface area contributed by atoms with Crippen molar-refractivity contribution in [1.29, 1.82) is 0 Å². The first-order valence-corrected chi connectivity index (χ1v) is 6.94. The number of hydrogen-bond acceptors (Lipinski definition) is 4. The van der Waals surface area contributed by atoms with E-state index >= 15 is 0 Å². The predicted molar refractivity (Wildman–Crippen MR) is 79.9 cm³/mol. The van der Waals surface area contributed by atoms with Crippen LogP contribution in [0, 0.1) is 0 Å². The zero-order valence-corrected chi connectivity index (χ0v) is 12.4. The van der Waals surface area contributed by atoms with Crippen molar-refractivity contribution in [2.75, 3.05) is 0 Å². The Hall–Kier alpha value is -3.36. The number of aromatic carboxylic acids is 1. The van der Waals surface area contributed by atoms with E-state index in [0.717, 1.165) is 23.2 Å². The molecule has 0 amide bonds. The second-order valence-electron chi connectivity index (χ2n) is 5.00. The summed E-state index contributed by atoms with van der Waals surface area (Å²) in [6.07, 6.45) is -3.27. The molecule has 3 rings (SSSR count). The number of carbonyl (C=O) groups is 1. The van der Waals surface area contributed by atoms with E-state index < -0.39 is 17.7 Å². The van der Waals surface area contributed by atoms with Crippen LogP contribution in [0.25, 0.3) is 11.1 Å². The number of alkyl halides is 3. The molecule has 3 aromatic rings. The molecule has 0 radical (unpaired) electrons. The molecule has 0 bridgehead atoms. The highest BCUT2D eigenvalue weighted by Crippen LogP contribution is 2.31. The maximum Gasteiger partial charge on any atom is 0.416 e. The molecule has 0 aliphatic carbocycles. The highest BCUT2D eigenvalue weighted by molar-refractivity contribution is 5.84. The Kier molecular flexibility index (Phi) is 4.14. The summed E-state index contributed by atoms with van der Waals surface area (Å²) in [4.78, 5) is 16.9. The lowest BCUT2D eigenvalue weighted by atomic mass is 10.0. The summed E-state index contributed by atoms with van der Waals surface area (Å²) in [5.74, 6) is -0.870. The fourth-order valence-corrected chi connectivity index (χ4v) is 2.06. The molecule has 1 heterocycles. The number of aromatic nitrogens is 3. The molecule has 0 unspecified atom stereocenters. The molecule has 0 spiro atoms. The third kappa shape index (κ3) is 3.77. The Morgan fingerprint density at radius 2 is 1.56 bits per heavy atom. The smallest absolute Gasteiger partial charge is 0.416 e. The molecule has 128 valence electrons. The van der Waals surface area contributed by atoms with Crippen molar-refractivity contribution in [2.24, 2.45) is 0 Å². The average Bonchev–Trinajstić information content (AvgIpc) is 3.04. The molecule has 2 aromatic carbocycles. The maximum atomic E-state index is 12.6. The number of nitrogens with zero attached hydrogens (tertiary/aromatic N) is 3. The van der Waals surface area contributed by atoms with Crippen molar-refractivity contribution < 1.29 is 27.9 Å². The van der Waals surface area contributed by atoms with Gasteiger partial charge in [-0.15, -0.1) is 5.10 Å². The number of carboxylic acids is 1. The normalized spacial score (nSPS) is 11.3. The van der Waals surface area contributed by atoms with Gasteiger partial charge in [0, 0.05) is 0 Å². The monoisotopic (exact) mass is 349 g/mol. The lowest BCUT2D eigenvalue weighted by Crippen LogP contribution is -2.05. The van der Waals surface area contributed by atoms with Crippen LogP contribution in [-0.4, -0.2) is 26.2 Å². The van der Waals surface area contributed by atoms with E-state index in [1.165, 1.54) is 12.1 Å². The van der Waals surface area contributed by atoms with Crippen LogP contribution in [0.2, 0.25) is 0 Å². The van der Waals surface area contributed by atoms with Crippen molar-refractivity contribution in [1.82, 2.24) is 15.2 Å². The Balaban J connectivity index is 1.74. The van der Waals surface area contributed by atoms with Crippen LogP contribution < -0.4 is 4.84 Å². The molecule has 0 aliphatic heterocycles. The fourth-order valence-electron chi connectivity index (χ4n) is 2.06. The quantitative estimate of drug-likeness (QED) is 0.780. The van der Waals surface area contributed by atoms with Crippen LogP contribution in [0.5, 0.6) is 5.75 Å². The van der Waals surface area contributed by atoms with E-state index in [9.17, 15) is 18.0 Å². The standard InChI is InChI=1S/C16H10F3N3O3/c17-16(18,19)12-5-1-10(2-6-12)11-3-7-13(8-4-11)25-22-9-14(15(23)24)20-21-22/h1-9H,(H,23,24). The molecule has 0 fully saturated rings. The zero-order valence-electron chi connectivity index (χ0n) is 12.4. The Bertz CT molecular complexity index is 887. The highest BCUT2D eigenvalue weighted by Gasteiger charge is 2.29. The van der Waals surface area contributed by atoms with Gasteiger partial charge < -0.3 is 9.94 Å². The van der Waals surface area contributed by atoms with Crippen molar-refractivity contribution in [3.63, 3.8) is 0 Å². The van der Waals surface area contributed by atoms with Crippen LogP contribution in [0.4, 0.5) is 13.2 Å². The van der Waals surface area contributed by atoms with Crippen molar-refractivity contribution >= 4 is 5.97 Å². The lowest BCUT2D eigenvalue weighted by Gasteiger charge is -2.08. The third-order valence-corrected chi connectivity index (χ3v) is 3.29. The molecular weight excluding hydrogens is 339 g/mol. The molecular formula is C16H10F3N3O3. The van der Waals surface area contributed by atoms with Crippen molar-refractivity contribution in [2.45, 2.75) is 6.18 Å². The number of carboxylic acid groups (broad SMARTS) is 1.